The van der Waals surface area contributed by atoms with E-state index in [1.807, 2.05) is 113 Å². The SMILES string of the molecule is [C-]#[N+]/C(c1nc2ccc(Cl)cc2s1)=c1\c2c(C3CC3)n(B3Oc4ccccc4O3)/c(=C(/C#N)c3nc4ccc(Cl)cc4s3)c2c(-c2ccccc2C)n1B1Oc2ccccc2O1. The van der Waals surface area contributed by atoms with Crippen LogP contribution in [0.25, 0.3) is 58.6 Å². The van der Waals surface area contributed by atoms with Crippen LogP contribution in [0.1, 0.15) is 40.0 Å². The molecule has 0 unspecified atom stereocenters. The first-order chi connectivity index (χ1) is 30.4. The smallest absolute Gasteiger partial charge is 0.503 e. The molecule has 0 atom stereocenters. The van der Waals surface area contributed by atoms with Gasteiger partial charge in [0.1, 0.15) is 44.7 Å². The Bertz CT molecular complexity index is 3470. The molecule has 1 fully saturated rings. The van der Waals surface area contributed by atoms with Gasteiger partial charge >= 0.3 is 14.5 Å². The Kier molecular flexibility index (Phi) is 8.50. The average Bonchev–Trinajstić information content (AvgIpc) is 3.78. The molecule has 0 amide bonds. The number of nitriles is 1. The molecule has 2 aliphatic heterocycles. The summed E-state index contributed by atoms with van der Waals surface area (Å²) in [5, 5.41) is 16.2. The highest BCUT2D eigenvalue weighted by Crippen LogP contribution is 2.47. The van der Waals surface area contributed by atoms with Crippen molar-refractivity contribution in [1.82, 2.24) is 18.9 Å². The van der Waals surface area contributed by atoms with Crippen molar-refractivity contribution in [3.05, 3.63) is 163 Å². The molecule has 0 spiro atoms. The van der Waals surface area contributed by atoms with Crippen LogP contribution in [0.2, 0.25) is 10.0 Å². The largest absolute Gasteiger partial charge is 0.743 e. The normalized spacial score (nSPS) is 15.1. The number of aryl methyl sites for hydroxylation is 1. The molecule has 1 saturated carbocycles. The Morgan fingerprint density at radius 2 is 1.26 bits per heavy atom. The van der Waals surface area contributed by atoms with Crippen molar-refractivity contribution in [3.8, 4) is 40.3 Å². The molecule has 0 radical (unpaired) electrons. The minimum absolute atomic E-state index is 0.0133. The first kappa shape index (κ1) is 37.1. The summed E-state index contributed by atoms with van der Waals surface area (Å²) in [6.07, 6.45) is 1.72. The number of hydrogen-bond acceptors (Lipinski definition) is 9. The summed E-state index contributed by atoms with van der Waals surface area (Å²) in [5.41, 5.74) is 5.34. The van der Waals surface area contributed by atoms with Gasteiger partial charge in [-0.2, -0.15) is 5.26 Å². The molecule has 9 aromatic rings. The quantitative estimate of drug-likeness (QED) is 0.121. The number of hydrogen-bond donors (Lipinski definition) is 0. The van der Waals surface area contributed by atoms with Crippen LogP contribution in [0.15, 0.2) is 109 Å². The summed E-state index contributed by atoms with van der Waals surface area (Å²) in [6, 6.07) is 36.8. The van der Waals surface area contributed by atoms with Crippen molar-refractivity contribution in [2.75, 3.05) is 0 Å². The molecule has 296 valence electrons. The van der Waals surface area contributed by atoms with E-state index in [1.54, 1.807) is 12.1 Å². The predicted molar refractivity (Wildman–Crippen MR) is 246 cm³/mol. The third kappa shape index (κ3) is 5.75. The first-order valence-corrected chi connectivity index (χ1v) is 22.1. The van der Waals surface area contributed by atoms with E-state index in [1.165, 1.54) is 22.7 Å². The Balaban J connectivity index is 1.33. The average molecular weight is 883 g/mol. The van der Waals surface area contributed by atoms with E-state index in [9.17, 15) is 5.26 Å². The van der Waals surface area contributed by atoms with Gasteiger partial charge in [0.05, 0.1) is 43.4 Å². The molecule has 0 saturated heterocycles. The van der Waals surface area contributed by atoms with Crippen LogP contribution in [-0.4, -0.2) is 33.4 Å². The topological polar surface area (TPSA) is 101 Å². The second-order valence-electron chi connectivity index (χ2n) is 15.2. The molecule has 4 aromatic heterocycles. The van der Waals surface area contributed by atoms with Gasteiger partial charge < -0.3 is 27.6 Å². The highest BCUT2D eigenvalue weighted by molar-refractivity contribution is 7.20. The van der Waals surface area contributed by atoms with Crippen molar-refractivity contribution in [3.63, 3.8) is 0 Å². The summed E-state index contributed by atoms with van der Waals surface area (Å²) >= 11 is 15.8. The Morgan fingerprint density at radius 1 is 0.726 bits per heavy atom. The van der Waals surface area contributed by atoms with Crippen molar-refractivity contribution >= 4 is 103 Å². The van der Waals surface area contributed by atoms with Gasteiger partial charge in [0.2, 0.25) is 5.70 Å². The Morgan fingerprint density at radius 3 is 1.81 bits per heavy atom. The third-order valence-corrected chi connectivity index (χ3v) is 13.9. The number of aromatic nitrogens is 4. The standard InChI is InChI=1S/C46H26B2Cl2N6O4S2/c1-24-9-3-4-10-28(24)42-39-38(44(56(42)48-59-34-13-7-8-14-35(34)60-48)40(52-2)46-54-31-20-18-27(50)22-37(31)62-46)41(25-15-16-25)55(47-57-32-11-5-6-12-33(32)58-47)43(39)29(23-51)45-53-30-19-17-26(49)21-36(30)61-45/h3-14,17-22,25H,15-16H2,1H3/b43-29-,44-40+. The molecule has 0 bridgehead atoms. The second-order valence-corrected chi connectivity index (χ2v) is 18.1. The molecule has 3 aliphatic rings. The number of fused-ring (bicyclic) bond motifs is 5. The van der Waals surface area contributed by atoms with Gasteiger partial charge in [0.15, 0.2) is 0 Å². The minimum atomic E-state index is -1.06. The molecular formula is C46H26B2Cl2N6O4S2. The lowest BCUT2D eigenvalue weighted by molar-refractivity contribution is 0.475. The van der Waals surface area contributed by atoms with Crippen LogP contribution in [0, 0.1) is 24.8 Å². The van der Waals surface area contributed by atoms with Crippen molar-refractivity contribution in [2.45, 2.75) is 25.7 Å². The highest BCUT2D eigenvalue weighted by Gasteiger charge is 2.47. The van der Waals surface area contributed by atoms with Gasteiger partial charge in [-0.15, -0.1) is 22.7 Å². The molecule has 5 aromatic carbocycles. The maximum atomic E-state index is 11.6. The zero-order valence-electron chi connectivity index (χ0n) is 32.4. The molecule has 1 aliphatic carbocycles. The van der Waals surface area contributed by atoms with Gasteiger partial charge in [-0.25, -0.2) is 14.8 Å². The first-order valence-electron chi connectivity index (χ1n) is 19.7. The molecule has 6 heterocycles. The molecule has 62 heavy (non-hydrogen) atoms. The van der Waals surface area contributed by atoms with Crippen LogP contribution < -0.4 is 29.3 Å². The lowest BCUT2D eigenvalue weighted by atomic mass is 9.99. The van der Waals surface area contributed by atoms with E-state index in [-0.39, 0.29) is 11.6 Å². The molecule has 0 N–H and O–H groups in total. The predicted octanol–water partition coefficient (Wildman–Crippen LogP) is 10.2. The Labute approximate surface area is 372 Å². The Hall–Kier alpha value is -6.67. The lowest BCUT2D eigenvalue weighted by Gasteiger charge is -2.17. The number of halogens is 2. The van der Waals surface area contributed by atoms with Crippen LogP contribution in [-0.2, 0) is 0 Å². The van der Waals surface area contributed by atoms with Crippen molar-refractivity contribution in [1.29, 1.82) is 5.26 Å². The van der Waals surface area contributed by atoms with Gasteiger partial charge in [0.25, 0.3) is 0 Å². The van der Waals surface area contributed by atoms with Crippen molar-refractivity contribution in [2.24, 2.45) is 0 Å². The summed E-state index contributed by atoms with van der Waals surface area (Å²) < 4.78 is 32.5. The number of thiazole rings is 2. The maximum absolute atomic E-state index is 11.6. The highest BCUT2D eigenvalue weighted by atomic mass is 35.5. The van der Waals surface area contributed by atoms with Crippen LogP contribution in [0.3, 0.4) is 0 Å². The molecular weight excluding hydrogens is 857 g/mol. The van der Waals surface area contributed by atoms with Gasteiger partial charge in [-0.05, 0) is 91.9 Å². The summed E-state index contributed by atoms with van der Waals surface area (Å²) in [6.45, 7) is 11.1. The minimum Gasteiger partial charge on any atom is -0.503 e. The van der Waals surface area contributed by atoms with E-state index >= 15 is 0 Å². The third-order valence-electron chi connectivity index (χ3n) is 11.4. The number of para-hydroxylation sites is 4. The molecule has 16 heteroatoms. The van der Waals surface area contributed by atoms with Crippen LogP contribution >= 0.6 is 45.9 Å². The number of benzene rings is 5. The summed E-state index contributed by atoms with van der Waals surface area (Å²) in [5.74, 6) is 2.29. The van der Waals surface area contributed by atoms with E-state index in [0.29, 0.717) is 81.4 Å². The van der Waals surface area contributed by atoms with E-state index < -0.39 is 14.5 Å². The molecule has 12 rings (SSSR count). The fourth-order valence-corrected chi connectivity index (χ4v) is 11.1. The fourth-order valence-electron chi connectivity index (χ4n) is 8.59. The van der Waals surface area contributed by atoms with Gasteiger partial charge in [-0.1, -0.05) is 71.7 Å². The van der Waals surface area contributed by atoms with Gasteiger partial charge in [-0.3, -0.25) is 0 Å². The zero-order chi connectivity index (χ0) is 41.8. The van der Waals surface area contributed by atoms with Gasteiger partial charge in [0, 0.05) is 32.1 Å². The lowest BCUT2D eigenvalue weighted by Crippen LogP contribution is -2.45. The fraction of sp³-hybridized carbons (Fsp3) is 0.0870. The maximum Gasteiger partial charge on any atom is 0.743 e. The van der Waals surface area contributed by atoms with E-state index in [2.05, 4.69) is 10.9 Å². The van der Waals surface area contributed by atoms with Crippen molar-refractivity contribution < 1.29 is 18.6 Å². The number of rotatable bonds is 6. The van der Waals surface area contributed by atoms with E-state index in [0.717, 1.165) is 44.4 Å². The number of nitrogens with zero attached hydrogens (tertiary/aromatic N) is 6. The molecule has 10 nitrogen and oxygen atoms in total. The monoisotopic (exact) mass is 882 g/mol. The second kappa shape index (κ2) is 14.2. The van der Waals surface area contributed by atoms with Crippen LogP contribution in [0.5, 0.6) is 23.0 Å². The van der Waals surface area contributed by atoms with Crippen LogP contribution in [0.4, 0.5) is 0 Å². The summed E-state index contributed by atoms with van der Waals surface area (Å²) in [4.78, 5) is 14.4. The summed E-state index contributed by atoms with van der Waals surface area (Å²) in [7, 11) is -2.07. The zero-order valence-corrected chi connectivity index (χ0v) is 35.6. The van der Waals surface area contributed by atoms with E-state index in [4.69, 9.17) is 58.4 Å².